The Labute approximate surface area is 96.1 Å². The van der Waals surface area contributed by atoms with Crippen molar-refractivity contribution in [2.45, 2.75) is 38.5 Å². The largest absolute Gasteiger partial charge is 0.358 e. The van der Waals surface area contributed by atoms with Crippen molar-refractivity contribution in [3.8, 4) is 0 Å². The SMILES string of the molecule is CN(C)C(=O)C1OCC(=O)C1NC(C)(C)C. The summed E-state index contributed by atoms with van der Waals surface area (Å²) in [5.74, 6) is -0.234. The van der Waals surface area contributed by atoms with E-state index in [9.17, 15) is 9.59 Å². The van der Waals surface area contributed by atoms with E-state index in [0.29, 0.717) is 0 Å². The van der Waals surface area contributed by atoms with Gasteiger partial charge < -0.3 is 15.0 Å². The fourth-order valence-corrected chi connectivity index (χ4v) is 1.62. The Morgan fingerprint density at radius 1 is 1.44 bits per heavy atom. The lowest BCUT2D eigenvalue weighted by Crippen LogP contribution is -2.54. The molecule has 92 valence electrons. The average Bonchev–Trinajstić information content (AvgIpc) is 2.44. The molecule has 5 nitrogen and oxygen atoms in total. The molecule has 1 aliphatic rings. The Kier molecular flexibility index (Phi) is 3.70. The van der Waals surface area contributed by atoms with Gasteiger partial charge in [0, 0.05) is 19.6 Å². The van der Waals surface area contributed by atoms with Gasteiger partial charge in [-0.3, -0.25) is 9.59 Å². The van der Waals surface area contributed by atoms with E-state index >= 15 is 0 Å². The maximum atomic E-state index is 11.8. The molecule has 1 saturated heterocycles. The van der Waals surface area contributed by atoms with Crippen LogP contribution in [-0.4, -0.2) is 55.0 Å². The summed E-state index contributed by atoms with van der Waals surface area (Å²) in [6, 6.07) is -0.533. The molecule has 2 atom stereocenters. The molecule has 2 unspecified atom stereocenters. The van der Waals surface area contributed by atoms with E-state index in [0.717, 1.165) is 0 Å². The molecule has 1 heterocycles. The molecule has 0 aromatic carbocycles. The van der Waals surface area contributed by atoms with Crippen LogP contribution in [0.25, 0.3) is 0 Å². The van der Waals surface area contributed by atoms with Crippen LogP contribution in [-0.2, 0) is 14.3 Å². The Morgan fingerprint density at radius 2 is 2.00 bits per heavy atom. The quantitative estimate of drug-likeness (QED) is 0.711. The number of Topliss-reactive ketones (excluding diaryl/α,β-unsaturated/α-hetero) is 1. The molecule has 0 spiro atoms. The van der Waals surface area contributed by atoms with Gasteiger partial charge in [-0.25, -0.2) is 0 Å². The third kappa shape index (κ3) is 3.02. The van der Waals surface area contributed by atoms with Crippen LogP contribution in [0.1, 0.15) is 20.8 Å². The first kappa shape index (κ1) is 13.1. The van der Waals surface area contributed by atoms with Crippen molar-refractivity contribution in [1.82, 2.24) is 10.2 Å². The van der Waals surface area contributed by atoms with Gasteiger partial charge in [0.15, 0.2) is 11.9 Å². The van der Waals surface area contributed by atoms with Gasteiger partial charge in [0.1, 0.15) is 12.6 Å². The highest BCUT2D eigenvalue weighted by molar-refractivity contribution is 5.96. The summed E-state index contributed by atoms with van der Waals surface area (Å²) in [6.07, 6.45) is -0.693. The molecule has 1 N–H and O–H groups in total. The second-order valence-corrected chi connectivity index (χ2v) is 5.30. The first-order valence-electron chi connectivity index (χ1n) is 5.35. The smallest absolute Gasteiger partial charge is 0.253 e. The van der Waals surface area contributed by atoms with E-state index in [1.165, 1.54) is 4.90 Å². The predicted octanol–water partition coefficient (Wildman–Crippen LogP) is -0.201. The zero-order valence-electron chi connectivity index (χ0n) is 10.5. The van der Waals surface area contributed by atoms with Gasteiger partial charge in [-0.1, -0.05) is 0 Å². The van der Waals surface area contributed by atoms with Crippen LogP contribution in [0.4, 0.5) is 0 Å². The van der Waals surface area contributed by atoms with E-state index < -0.39 is 12.1 Å². The van der Waals surface area contributed by atoms with Crippen molar-refractivity contribution in [3.63, 3.8) is 0 Å². The number of amides is 1. The molecule has 1 fully saturated rings. The van der Waals surface area contributed by atoms with Crippen LogP contribution >= 0.6 is 0 Å². The van der Waals surface area contributed by atoms with Crippen LogP contribution in [0.5, 0.6) is 0 Å². The van der Waals surface area contributed by atoms with E-state index in [2.05, 4.69) is 5.32 Å². The zero-order chi connectivity index (χ0) is 12.5. The number of ketones is 1. The summed E-state index contributed by atoms with van der Waals surface area (Å²) < 4.78 is 5.24. The van der Waals surface area contributed by atoms with Crippen molar-refractivity contribution >= 4 is 11.7 Å². The van der Waals surface area contributed by atoms with Crippen LogP contribution < -0.4 is 5.32 Å². The molecule has 1 amide bonds. The summed E-state index contributed by atoms with van der Waals surface area (Å²) in [6.45, 7) is 5.87. The monoisotopic (exact) mass is 228 g/mol. The zero-order valence-corrected chi connectivity index (χ0v) is 10.5. The van der Waals surface area contributed by atoms with Crippen LogP contribution in [0.2, 0.25) is 0 Å². The van der Waals surface area contributed by atoms with Crippen molar-refractivity contribution in [3.05, 3.63) is 0 Å². The maximum absolute atomic E-state index is 11.8. The minimum absolute atomic E-state index is 0.0119. The number of carbonyl (C=O) groups is 2. The third-order valence-corrected chi connectivity index (χ3v) is 2.33. The minimum atomic E-state index is -0.693. The van der Waals surface area contributed by atoms with Crippen LogP contribution in [0.3, 0.4) is 0 Å². The summed E-state index contributed by atoms with van der Waals surface area (Å²) in [5.41, 5.74) is -0.223. The number of carbonyl (C=O) groups excluding carboxylic acids is 2. The van der Waals surface area contributed by atoms with E-state index in [4.69, 9.17) is 4.74 Å². The molecule has 0 saturated carbocycles. The molecule has 0 aliphatic carbocycles. The van der Waals surface area contributed by atoms with E-state index in [1.807, 2.05) is 20.8 Å². The van der Waals surface area contributed by atoms with Gasteiger partial charge in [0.25, 0.3) is 5.91 Å². The first-order chi connectivity index (χ1) is 7.22. The number of hydrogen-bond acceptors (Lipinski definition) is 4. The fraction of sp³-hybridized carbons (Fsp3) is 0.818. The maximum Gasteiger partial charge on any atom is 0.253 e. The number of ether oxygens (including phenoxy) is 1. The predicted molar refractivity (Wildman–Crippen MR) is 60.1 cm³/mol. The Balaban J connectivity index is 2.78. The molecule has 0 bridgehead atoms. The van der Waals surface area contributed by atoms with Gasteiger partial charge >= 0.3 is 0 Å². The number of rotatable bonds is 2. The van der Waals surface area contributed by atoms with E-state index in [-0.39, 0.29) is 23.8 Å². The minimum Gasteiger partial charge on any atom is -0.358 e. The Morgan fingerprint density at radius 3 is 2.44 bits per heavy atom. The molecule has 0 aromatic rings. The first-order valence-corrected chi connectivity index (χ1v) is 5.35. The van der Waals surface area contributed by atoms with Gasteiger partial charge in [0.2, 0.25) is 0 Å². The highest BCUT2D eigenvalue weighted by atomic mass is 16.5. The second kappa shape index (κ2) is 4.51. The molecule has 16 heavy (non-hydrogen) atoms. The van der Waals surface area contributed by atoms with Crippen molar-refractivity contribution in [2.75, 3.05) is 20.7 Å². The highest BCUT2D eigenvalue weighted by Gasteiger charge is 2.42. The molecule has 0 aromatic heterocycles. The van der Waals surface area contributed by atoms with Crippen LogP contribution in [0.15, 0.2) is 0 Å². The van der Waals surface area contributed by atoms with Gasteiger partial charge in [-0.2, -0.15) is 0 Å². The lowest BCUT2D eigenvalue weighted by Gasteiger charge is -2.28. The summed E-state index contributed by atoms with van der Waals surface area (Å²) in [5, 5.41) is 3.13. The van der Waals surface area contributed by atoms with Crippen molar-refractivity contribution in [2.24, 2.45) is 0 Å². The Bertz CT molecular complexity index is 294. The van der Waals surface area contributed by atoms with Gasteiger partial charge in [0.05, 0.1) is 0 Å². The molecule has 1 aliphatic heterocycles. The highest BCUT2D eigenvalue weighted by Crippen LogP contribution is 2.15. The van der Waals surface area contributed by atoms with E-state index in [1.54, 1.807) is 14.1 Å². The lowest BCUT2D eigenvalue weighted by molar-refractivity contribution is -0.139. The third-order valence-electron chi connectivity index (χ3n) is 2.33. The summed E-state index contributed by atoms with van der Waals surface area (Å²) >= 11 is 0. The number of hydrogen-bond donors (Lipinski definition) is 1. The number of likely N-dealkylation sites (N-methyl/N-ethyl adjacent to an activating group) is 1. The van der Waals surface area contributed by atoms with Crippen molar-refractivity contribution in [1.29, 1.82) is 0 Å². The Hall–Kier alpha value is -0.940. The topological polar surface area (TPSA) is 58.6 Å². The number of nitrogens with zero attached hydrogens (tertiary/aromatic N) is 1. The summed E-state index contributed by atoms with van der Waals surface area (Å²) in [7, 11) is 3.31. The van der Waals surface area contributed by atoms with Crippen LogP contribution in [0, 0.1) is 0 Å². The van der Waals surface area contributed by atoms with Crippen molar-refractivity contribution < 1.29 is 14.3 Å². The molecular formula is C11H20N2O3. The lowest BCUT2D eigenvalue weighted by atomic mass is 10.0. The summed E-state index contributed by atoms with van der Waals surface area (Å²) in [4.78, 5) is 24.9. The molecule has 5 heteroatoms. The average molecular weight is 228 g/mol. The van der Waals surface area contributed by atoms with Gasteiger partial charge in [-0.05, 0) is 20.8 Å². The van der Waals surface area contributed by atoms with Gasteiger partial charge in [-0.15, -0.1) is 0 Å². The number of nitrogens with one attached hydrogen (secondary N) is 1. The molecule has 0 radical (unpaired) electrons. The molecule has 1 rings (SSSR count). The normalized spacial score (nSPS) is 25.9. The second-order valence-electron chi connectivity index (χ2n) is 5.30. The molecular weight excluding hydrogens is 208 g/mol. The standard InChI is InChI=1S/C11H20N2O3/c1-11(2,3)12-8-7(14)6-16-9(8)10(15)13(4)5/h8-9,12H,6H2,1-5H3. The fourth-order valence-electron chi connectivity index (χ4n) is 1.62.